The summed E-state index contributed by atoms with van der Waals surface area (Å²) in [6.07, 6.45) is -0.909. The van der Waals surface area contributed by atoms with Crippen molar-refractivity contribution in [3.8, 4) is 0 Å². The van der Waals surface area contributed by atoms with Crippen molar-refractivity contribution in [3.05, 3.63) is 47.5 Å². The second-order valence-electron chi connectivity index (χ2n) is 4.71. The maximum atomic E-state index is 11.1. The quantitative estimate of drug-likeness (QED) is 0.910. The minimum Gasteiger partial charge on any atom is -0.453 e. The highest BCUT2D eigenvalue weighted by atomic mass is 16.5. The number of nitrogens with one attached hydrogen (secondary N) is 2. The van der Waals surface area contributed by atoms with E-state index in [-0.39, 0.29) is 0 Å². The zero-order valence-corrected chi connectivity index (χ0v) is 12.5. The van der Waals surface area contributed by atoms with Crippen LogP contribution in [0.3, 0.4) is 0 Å². The molecule has 0 aliphatic carbocycles. The van der Waals surface area contributed by atoms with Crippen LogP contribution >= 0.6 is 0 Å². The third-order valence-corrected chi connectivity index (χ3v) is 3.21. The molecule has 22 heavy (non-hydrogen) atoms. The summed E-state index contributed by atoms with van der Waals surface area (Å²) in [5.41, 5.74) is 1.97. The third kappa shape index (κ3) is 4.12. The van der Waals surface area contributed by atoms with Gasteiger partial charge in [0, 0.05) is 13.1 Å². The Morgan fingerprint density at radius 3 is 1.59 bits per heavy atom. The monoisotopic (exact) mass is 302 g/mol. The van der Waals surface area contributed by atoms with Gasteiger partial charge in [-0.2, -0.15) is 0 Å². The number of amides is 2. The SMILES string of the molecule is COC(=O)NCc1ccc2cc(CNC(=O)OC)ccc2c1. The molecule has 0 radical (unpaired) electrons. The molecule has 0 fully saturated rings. The molecule has 0 spiro atoms. The summed E-state index contributed by atoms with van der Waals surface area (Å²) >= 11 is 0. The Balaban J connectivity index is 2.08. The summed E-state index contributed by atoms with van der Waals surface area (Å²) in [5, 5.41) is 7.40. The fourth-order valence-corrected chi connectivity index (χ4v) is 2.06. The number of carbonyl (C=O) groups excluding carboxylic acids is 2. The van der Waals surface area contributed by atoms with Gasteiger partial charge in [-0.3, -0.25) is 0 Å². The topological polar surface area (TPSA) is 76.7 Å². The lowest BCUT2D eigenvalue weighted by atomic mass is 10.0. The first-order valence-corrected chi connectivity index (χ1v) is 6.77. The van der Waals surface area contributed by atoms with Gasteiger partial charge in [-0.15, -0.1) is 0 Å². The van der Waals surface area contributed by atoms with Crippen LogP contribution in [-0.2, 0) is 22.6 Å². The normalized spacial score (nSPS) is 10.1. The van der Waals surface area contributed by atoms with Crippen LogP contribution in [0, 0.1) is 0 Å². The second-order valence-corrected chi connectivity index (χ2v) is 4.71. The van der Waals surface area contributed by atoms with E-state index in [1.807, 2.05) is 36.4 Å². The van der Waals surface area contributed by atoms with Gasteiger partial charge < -0.3 is 20.1 Å². The van der Waals surface area contributed by atoms with Crippen LogP contribution in [0.25, 0.3) is 10.8 Å². The van der Waals surface area contributed by atoms with Crippen molar-refractivity contribution in [1.82, 2.24) is 10.6 Å². The molecule has 0 aromatic heterocycles. The largest absolute Gasteiger partial charge is 0.453 e. The van der Waals surface area contributed by atoms with Gasteiger partial charge in [0.25, 0.3) is 0 Å². The number of rotatable bonds is 4. The number of benzene rings is 2. The van der Waals surface area contributed by atoms with Crippen LogP contribution in [0.15, 0.2) is 36.4 Å². The molecular weight excluding hydrogens is 284 g/mol. The molecular formula is C16H18N2O4. The standard InChI is InChI=1S/C16H18N2O4/c1-21-15(19)17-9-11-3-5-14-8-12(4-6-13(14)7-11)10-18-16(20)22-2/h3-8H,9-10H2,1-2H3,(H,17,19)(H,18,20). The number of alkyl carbamates (subject to hydrolysis) is 2. The van der Waals surface area contributed by atoms with Gasteiger partial charge in [-0.25, -0.2) is 9.59 Å². The van der Waals surface area contributed by atoms with E-state index in [1.54, 1.807) is 0 Å². The second kappa shape index (κ2) is 7.31. The third-order valence-electron chi connectivity index (χ3n) is 3.21. The molecule has 2 rings (SSSR count). The summed E-state index contributed by atoms with van der Waals surface area (Å²) < 4.78 is 9.07. The van der Waals surface area contributed by atoms with E-state index in [2.05, 4.69) is 20.1 Å². The molecule has 0 unspecified atom stereocenters. The average Bonchev–Trinajstić information content (AvgIpc) is 2.57. The van der Waals surface area contributed by atoms with E-state index in [0.717, 1.165) is 21.9 Å². The molecule has 0 atom stereocenters. The zero-order chi connectivity index (χ0) is 15.9. The van der Waals surface area contributed by atoms with Crippen LogP contribution in [0.4, 0.5) is 9.59 Å². The fraction of sp³-hybridized carbons (Fsp3) is 0.250. The summed E-state index contributed by atoms with van der Waals surface area (Å²) in [7, 11) is 2.67. The van der Waals surface area contributed by atoms with Crippen molar-refractivity contribution in [2.45, 2.75) is 13.1 Å². The maximum Gasteiger partial charge on any atom is 0.407 e. The van der Waals surface area contributed by atoms with Crippen molar-refractivity contribution in [1.29, 1.82) is 0 Å². The van der Waals surface area contributed by atoms with E-state index in [1.165, 1.54) is 14.2 Å². The molecule has 2 aromatic carbocycles. The fourth-order valence-electron chi connectivity index (χ4n) is 2.06. The number of hydrogen-bond donors (Lipinski definition) is 2. The zero-order valence-electron chi connectivity index (χ0n) is 12.5. The van der Waals surface area contributed by atoms with Crippen molar-refractivity contribution in [3.63, 3.8) is 0 Å². The Labute approximate surface area is 128 Å². The van der Waals surface area contributed by atoms with E-state index < -0.39 is 12.2 Å². The van der Waals surface area contributed by atoms with Gasteiger partial charge in [-0.1, -0.05) is 24.3 Å². The van der Waals surface area contributed by atoms with Gasteiger partial charge in [0.1, 0.15) is 0 Å². The number of hydrogen-bond acceptors (Lipinski definition) is 4. The predicted octanol–water partition coefficient (Wildman–Crippen LogP) is 2.55. The van der Waals surface area contributed by atoms with Crippen molar-refractivity contribution in [2.75, 3.05) is 14.2 Å². The van der Waals surface area contributed by atoms with Crippen LogP contribution < -0.4 is 10.6 Å². The van der Waals surface area contributed by atoms with E-state index in [0.29, 0.717) is 13.1 Å². The van der Waals surface area contributed by atoms with E-state index >= 15 is 0 Å². The highest BCUT2D eigenvalue weighted by molar-refractivity contribution is 5.84. The minimum atomic E-state index is -0.454. The molecule has 6 heteroatoms. The smallest absolute Gasteiger partial charge is 0.407 e. The highest BCUT2D eigenvalue weighted by Gasteiger charge is 2.03. The van der Waals surface area contributed by atoms with Gasteiger partial charge in [0.05, 0.1) is 14.2 Å². The lowest BCUT2D eigenvalue weighted by molar-refractivity contribution is 0.169. The van der Waals surface area contributed by atoms with Gasteiger partial charge in [-0.05, 0) is 34.0 Å². The molecule has 2 N–H and O–H groups in total. The lowest BCUT2D eigenvalue weighted by Crippen LogP contribution is -2.22. The molecule has 2 amide bonds. The molecule has 0 saturated heterocycles. The van der Waals surface area contributed by atoms with Gasteiger partial charge in [0.15, 0.2) is 0 Å². The summed E-state index contributed by atoms with van der Waals surface area (Å²) in [6, 6.07) is 11.8. The minimum absolute atomic E-state index is 0.411. The first-order valence-electron chi connectivity index (χ1n) is 6.77. The van der Waals surface area contributed by atoms with Gasteiger partial charge in [0.2, 0.25) is 0 Å². The van der Waals surface area contributed by atoms with Crippen LogP contribution in [0.2, 0.25) is 0 Å². The Morgan fingerprint density at radius 1 is 0.818 bits per heavy atom. The van der Waals surface area contributed by atoms with Crippen molar-refractivity contribution in [2.24, 2.45) is 0 Å². The molecule has 2 aromatic rings. The lowest BCUT2D eigenvalue weighted by Gasteiger charge is -2.08. The van der Waals surface area contributed by atoms with E-state index in [4.69, 9.17) is 0 Å². The summed E-state index contributed by atoms with van der Waals surface area (Å²) in [6.45, 7) is 0.822. The number of carbonyl (C=O) groups is 2. The first kappa shape index (κ1) is 15.6. The summed E-state index contributed by atoms with van der Waals surface area (Å²) in [5.74, 6) is 0. The predicted molar refractivity (Wildman–Crippen MR) is 82.4 cm³/mol. The molecule has 0 aliphatic heterocycles. The van der Waals surface area contributed by atoms with Crippen molar-refractivity contribution < 1.29 is 19.1 Å². The van der Waals surface area contributed by atoms with E-state index in [9.17, 15) is 9.59 Å². The Kier molecular flexibility index (Phi) is 5.19. The van der Waals surface area contributed by atoms with Crippen LogP contribution in [-0.4, -0.2) is 26.4 Å². The maximum absolute atomic E-state index is 11.1. The summed E-state index contributed by atoms with van der Waals surface area (Å²) in [4.78, 5) is 22.1. The molecule has 0 aliphatic rings. The Bertz CT molecular complexity index is 626. The van der Waals surface area contributed by atoms with Gasteiger partial charge >= 0.3 is 12.2 Å². The Hall–Kier alpha value is -2.76. The number of fused-ring (bicyclic) bond motifs is 1. The van der Waals surface area contributed by atoms with Crippen LogP contribution in [0.1, 0.15) is 11.1 Å². The molecule has 0 saturated carbocycles. The van der Waals surface area contributed by atoms with Crippen molar-refractivity contribution >= 4 is 23.0 Å². The number of ether oxygens (including phenoxy) is 2. The molecule has 0 bridgehead atoms. The first-order chi connectivity index (χ1) is 10.6. The molecule has 116 valence electrons. The average molecular weight is 302 g/mol. The molecule has 0 heterocycles. The Morgan fingerprint density at radius 2 is 1.23 bits per heavy atom. The van der Waals surface area contributed by atoms with Crippen LogP contribution in [0.5, 0.6) is 0 Å². The molecule has 6 nitrogen and oxygen atoms in total. The number of methoxy groups -OCH3 is 2. The highest BCUT2D eigenvalue weighted by Crippen LogP contribution is 2.18.